The molecule has 4 nitrogen and oxygen atoms in total. The van der Waals surface area contributed by atoms with Crippen molar-refractivity contribution in [2.24, 2.45) is 17.6 Å². The third-order valence-electron chi connectivity index (χ3n) is 4.32. The Labute approximate surface area is 103 Å². The third-order valence-corrected chi connectivity index (χ3v) is 4.32. The van der Waals surface area contributed by atoms with E-state index in [-0.39, 0.29) is 12.0 Å². The summed E-state index contributed by atoms with van der Waals surface area (Å²) >= 11 is 0. The van der Waals surface area contributed by atoms with Gasteiger partial charge in [-0.15, -0.1) is 0 Å². The summed E-state index contributed by atoms with van der Waals surface area (Å²) < 4.78 is 5.31. The highest BCUT2D eigenvalue weighted by Crippen LogP contribution is 2.31. The summed E-state index contributed by atoms with van der Waals surface area (Å²) in [6.45, 7) is 2.27. The van der Waals surface area contributed by atoms with Crippen LogP contribution in [0.5, 0.6) is 0 Å². The van der Waals surface area contributed by atoms with Gasteiger partial charge < -0.3 is 15.4 Å². The molecule has 1 saturated heterocycles. The fraction of sp³-hybridized carbons (Fsp3) is 0.923. The Morgan fingerprint density at radius 1 is 1.35 bits per heavy atom. The maximum absolute atomic E-state index is 12.4. The van der Waals surface area contributed by atoms with E-state index < -0.39 is 0 Å². The number of hydrogen-bond acceptors (Lipinski definition) is 3. The minimum absolute atomic E-state index is 0.171. The second-order valence-electron chi connectivity index (χ2n) is 5.32. The predicted molar refractivity (Wildman–Crippen MR) is 66.5 cm³/mol. The molecule has 1 aliphatic heterocycles. The number of ether oxygens (including phenoxy) is 1. The maximum Gasteiger partial charge on any atom is 0.226 e. The van der Waals surface area contributed by atoms with E-state index in [1.165, 1.54) is 12.8 Å². The molecule has 1 aliphatic carbocycles. The molecule has 0 aromatic rings. The molecular weight excluding hydrogens is 216 g/mol. The van der Waals surface area contributed by atoms with Gasteiger partial charge in [0.15, 0.2) is 0 Å². The topological polar surface area (TPSA) is 55.6 Å². The fourth-order valence-electron chi connectivity index (χ4n) is 3.17. The molecule has 2 rings (SSSR count). The van der Waals surface area contributed by atoms with Crippen molar-refractivity contribution in [3.8, 4) is 0 Å². The van der Waals surface area contributed by atoms with E-state index >= 15 is 0 Å². The van der Waals surface area contributed by atoms with E-state index in [0.717, 1.165) is 32.4 Å². The molecule has 98 valence electrons. The summed E-state index contributed by atoms with van der Waals surface area (Å²) in [5, 5.41) is 0. The van der Waals surface area contributed by atoms with Crippen LogP contribution in [0, 0.1) is 11.8 Å². The van der Waals surface area contributed by atoms with Crippen LogP contribution in [-0.2, 0) is 9.53 Å². The molecule has 2 fully saturated rings. The van der Waals surface area contributed by atoms with Gasteiger partial charge in [0, 0.05) is 26.1 Å². The van der Waals surface area contributed by atoms with Crippen LogP contribution in [0.4, 0.5) is 0 Å². The number of rotatable bonds is 3. The summed E-state index contributed by atoms with van der Waals surface area (Å²) in [5.74, 6) is 0.891. The third kappa shape index (κ3) is 2.80. The number of carbonyl (C=O) groups excluding carboxylic acids is 1. The summed E-state index contributed by atoms with van der Waals surface area (Å²) in [7, 11) is 1.72. The monoisotopic (exact) mass is 240 g/mol. The Hall–Kier alpha value is -0.610. The average molecular weight is 240 g/mol. The van der Waals surface area contributed by atoms with Crippen LogP contribution in [0.1, 0.15) is 32.1 Å². The molecule has 0 aromatic heterocycles. The van der Waals surface area contributed by atoms with Crippen molar-refractivity contribution in [3.05, 3.63) is 0 Å². The molecule has 1 amide bonds. The minimum Gasteiger partial charge on any atom is -0.380 e. The number of carbonyl (C=O) groups is 1. The van der Waals surface area contributed by atoms with Gasteiger partial charge in [-0.3, -0.25) is 4.79 Å². The van der Waals surface area contributed by atoms with Crippen molar-refractivity contribution in [3.63, 3.8) is 0 Å². The first-order valence-electron chi connectivity index (χ1n) is 6.78. The van der Waals surface area contributed by atoms with E-state index in [0.29, 0.717) is 18.4 Å². The zero-order valence-corrected chi connectivity index (χ0v) is 10.7. The lowest BCUT2D eigenvalue weighted by atomic mass is 9.78. The molecule has 1 saturated carbocycles. The number of hydrogen-bond donors (Lipinski definition) is 1. The second-order valence-corrected chi connectivity index (χ2v) is 5.32. The smallest absolute Gasteiger partial charge is 0.226 e. The van der Waals surface area contributed by atoms with Crippen LogP contribution < -0.4 is 5.73 Å². The molecule has 0 radical (unpaired) electrons. The van der Waals surface area contributed by atoms with E-state index in [1.807, 2.05) is 4.90 Å². The zero-order chi connectivity index (χ0) is 12.3. The lowest BCUT2D eigenvalue weighted by Gasteiger charge is -2.32. The number of likely N-dealkylation sites (tertiary alicyclic amines) is 1. The first-order valence-corrected chi connectivity index (χ1v) is 6.78. The van der Waals surface area contributed by atoms with Gasteiger partial charge in [0.05, 0.1) is 6.10 Å². The molecule has 1 heterocycles. The highest BCUT2D eigenvalue weighted by Gasteiger charge is 2.35. The van der Waals surface area contributed by atoms with Gasteiger partial charge in [0.2, 0.25) is 5.91 Å². The molecule has 2 N–H and O–H groups in total. The molecular formula is C13H24N2O2. The van der Waals surface area contributed by atoms with Crippen LogP contribution in [0.25, 0.3) is 0 Å². The summed E-state index contributed by atoms with van der Waals surface area (Å²) in [6.07, 6.45) is 5.76. The number of amides is 1. The van der Waals surface area contributed by atoms with Crippen molar-refractivity contribution in [1.29, 1.82) is 0 Å². The van der Waals surface area contributed by atoms with E-state index in [2.05, 4.69) is 0 Å². The Bertz CT molecular complexity index is 270. The van der Waals surface area contributed by atoms with Gasteiger partial charge >= 0.3 is 0 Å². The van der Waals surface area contributed by atoms with Crippen LogP contribution in [0.3, 0.4) is 0 Å². The summed E-state index contributed by atoms with van der Waals surface area (Å²) in [4.78, 5) is 14.4. The Morgan fingerprint density at radius 2 is 2.12 bits per heavy atom. The van der Waals surface area contributed by atoms with Crippen LogP contribution in [0.15, 0.2) is 0 Å². The Morgan fingerprint density at radius 3 is 2.76 bits per heavy atom. The van der Waals surface area contributed by atoms with E-state index in [1.54, 1.807) is 7.11 Å². The molecule has 3 unspecified atom stereocenters. The molecule has 17 heavy (non-hydrogen) atoms. The lowest BCUT2D eigenvalue weighted by molar-refractivity contribution is -0.137. The van der Waals surface area contributed by atoms with Crippen molar-refractivity contribution in [2.75, 3.05) is 26.7 Å². The average Bonchev–Trinajstić information content (AvgIpc) is 2.86. The number of methoxy groups -OCH3 is 1. The molecule has 0 bridgehead atoms. The van der Waals surface area contributed by atoms with Gasteiger partial charge in [-0.1, -0.05) is 12.8 Å². The number of nitrogens with zero attached hydrogens (tertiary/aromatic N) is 1. The molecule has 2 aliphatic rings. The van der Waals surface area contributed by atoms with Crippen molar-refractivity contribution in [2.45, 2.75) is 38.2 Å². The van der Waals surface area contributed by atoms with Crippen molar-refractivity contribution >= 4 is 5.91 Å². The van der Waals surface area contributed by atoms with E-state index in [4.69, 9.17) is 10.5 Å². The molecule has 3 atom stereocenters. The molecule has 0 aromatic carbocycles. The summed E-state index contributed by atoms with van der Waals surface area (Å²) in [5.41, 5.74) is 5.79. The quantitative estimate of drug-likeness (QED) is 0.800. The maximum atomic E-state index is 12.4. The predicted octanol–water partition coefficient (Wildman–Crippen LogP) is 0.999. The first kappa shape index (κ1) is 12.8. The van der Waals surface area contributed by atoms with Crippen LogP contribution in [0.2, 0.25) is 0 Å². The Kier molecular flexibility index (Phi) is 4.40. The van der Waals surface area contributed by atoms with Gasteiger partial charge in [-0.2, -0.15) is 0 Å². The lowest BCUT2D eigenvalue weighted by Crippen LogP contribution is -2.41. The normalized spacial score (nSPS) is 34.0. The van der Waals surface area contributed by atoms with Crippen LogP contribution in [-0.4, -0.2) is 43.7 Å². The van der Waals surface area contributed by atoms with Gasteiger partial charge in [0.1, 0.15) is 0 Å². The fourth-order valence-corrected chi connectivity index (χ4v) is 3.17. The minimum atomic E-state index is 0.171. The van der Waals surface area contributed by atoms with Crippen molar-refractivity contribution < 1.29 is 9.53 Å². The number of nitrogens with two attached hydrogens (primary N) is 1. The van der Waals surface area contributed by atoms with Gasteiger partial charge in [-0.05, 0) is 31.7 Å². The standard InChI is InChI=1S/C13H24N2O2/c1-17-11-6-7-15(9-11)13(16)12-5-3-2-4-10(12)8-14/h10-12H,2-9,14H2,1H3. The second kappa shape index (κ2) is 5.83. The SMILES string of the molecule is COC1CCN(C(=O)C2CCCCC2CN)C1. The van der Waals surface area contributed by atoms with Gasteiger partial charge in [-0.25, -0.2) is 0 Å². The Balaban J connectivity index is 1.94. The van der Waals surface area contributed by atoms with Crippen molar-refractivity contribution in [1.82, 2.24) is 4.90 Å². The zero-order valence-electron chi connectivity index (χ0n) is 10.7. The molecule has 0 spiro atoms. The highest BCUT2D eigenvalue weighted by atomic mass is 16.5. The first-order chi connectivity index (χ1) is 8.26. The van der Waals surface area contributed by atoms with Crippen LogP contribution >= 0.6 is 0 Å². The molecule has 4 heteroatoms. The largest absolute Gasteiger partial charge is 0.380 e. The van der Waals surface area contributed by atoms with Gasteiger partial charge in [0.25, 0.3) is 0 Å². The highest BCUT2D eigenvalue weighted by molar-refractivity contribution is 5.79. The summed E-state index contributed by atoms with van der Waals surface area (Å²) in [6, 6.07) is 0. The van der Waals surface area contributed by atoms with E-state index in [9.17, 15) is 4.79 Å².